The van der Waals surface area contributed by atoms with Gasteiger partial charge in [-0.3, -0.25) is 34.2 Å². The maximum absolute atomic E-state index is 13.7. The first kappa shape index (κ1) is 57.5. The fraction of sp³-hybridized carbons (Fsp3) is 0.660. The van der Waals surface area contributed by atoms with Crippen LogP contribution in [0.3, 0.4) is 0 Å². The van der Waals surface area contributed by atoms with Gasteiger partial charge in [-0.1, -0.05) is 12.2 Å². The minimum absolute atomic E-state index is 0.0421. The van der Waals surface area contributed by atoms with Crippen molar-refractivity contribution in [2.45, 2.75) is 174 Å². The smallest absolute Gasteiger partial charge is 0.328 e. The molecule has 386 valence electrons. The summed E-state index contributed by atoms with van der Waals surface area (Å²) in [5.41, 5.74) is 0.220. The van der Waals surface area contributed by atoms with Crippen molar-refractivity contribution in [1.82, 2.24) is 36.6 Å². The Balaban J connectivity index is 1.72. The zero-order chi connectivity index (χ0) is 52.1. The topological polar surface area (TPSA) is 310 Å². The summed E-state index contributed by atoms with van der Waals surface area (Å²) in [4.78, 5) is 91.4. The molecule has 0 aromatic heterocycles. The van der Waals surface area contributed by atoms with Crippen LogP contribution in [0.15, 0.2) is 17.0 Å². The van der Waals surface area contributed by atoms with Crippen molar-refractivity contribution in [3.05, 3.63) is 34.4 Å². The molecule has 1 aromatic carbocycles. The minimum atomic E-state index is -4.25. The molecule has 5 amide bonds. The summed E-state index contributed by atoms with van der Waals surface area (Å²) < 4.78 is 46.6. The molecule has 22 heteroatoms. The number of allylic oxidation sites excluding steroid dienone is 2. The van der Waals surface area contributed by atoms with E-state index in [0.717, 1.165) is 24.8 Å². The molecule has 4 unspecified atom stereocenters. The molecule has 0 radical (unpaired) electrons. The lowest BCUT2D eigenvalue weighted by atomic mass is 9.93. The Morgan fingerprint density at radius 3 is 2.06 bits per heavy atom. The molecule has 21 nitrogen and oxygen atoms in total. The van der Waals surface area contributed by atoms with Crippen LogP contribution < -0.4 is 41.4 Å². The van der Waals surface area contributed by atoms with Crippen molar-refractivity contribution in [2.75, 3.05) is 26.2 Å². The molecule has 1 aliphatic heterocycles. The van der Waals surface area contributed by atoms with E-state index < -0.39 is 113 Å². The lowest BCUT2D eigenvalue weighted by Gasteiger charge is -2.26. The molecular weight excluding hydrogens is 917 g/mol. The lowest BCUT2D eigenvalue weighted by Crippen LogP contribution is -2.56. The van der Waals surface area contributed by atoms with Crippen LogP contribution in [0, 0.1) is 32.1 Å². The summed E-state index contributed by atoms with van der Waals surface area (Å²) in [5.74, 6) is -6.38. The van der Waals surface area contributed by atoms with Gasteiger partial charge in [0.15, 0.2) is 6.04 Å². The third-order valence-corrected chi connectivity index (χ3v) is 12.8. The van der Waals surface area contributed by atoms with Gasteiger partial charge in [-0.05, 0) is 138 Å². The first-order valence-corrected chi connectivity index (χ1v) is 24.7. The van der Waals surface area contributed by atoms with E-state index in [-0.39, 0.29) is 36.1 Å². The minimum Gasteiger partial charge on any atom is -0.487 e. The number of carboxylic acids is 1. The largest absolute Gasteiger partial charge is 0.487 e. The second kappa shape index (κ2) is 24.7. The average molecular weight is 991 g/mol. The number of fused-ring (bicyclic) bond motifs is 1. The fourth-order valence-electron chi connectivity index (χ4n) is 7.71. The van der Waals surface area contributed by atoms with E-state index in [9.17, 15) is 47.1 Å². The third-order valence-electron chi connectivity index (χ3n) is 11.1. The van der Waals surface area contributed by atoms with Crippen molar-refractivity contribution < 1.29 is 61.3 Å². The molecule has 4 atom stereocenters. The molecule has 2 aliphatic rings. The molecule has 0 spiro atoms. The van der Waals surface area contributed by atoms with E-state index in [1.165, 1.54) is 0 Å². The summed E-state index contributed by atoms with van der Waals surface area (Å²) >= 11 is 0. The molecule has 0 saturated carbocycles. The monoisotopic (exact) mass is 991 g/mol. The molecule has 1 heterocycles. The number of hydrogen-bond acceptors (Lipinski definition) is 13. The molecule has 1 aliphatic carbocycles. The van der Waals surface area contributed by atoms with Crippen molar-refractivity contribution in [1.29, 1.82) is 5.41 Å². The Morgan fingerprint density at radius 2 is 1.43 bits per heavy atom. The fourth-order valence-corrected chi connectivity index (χ4v) is 9.24. The van der Waals surface area contributed by atoms with Crippen LogP contribution in [0.4, 0.5) is 0 Å². The number of carbonyl (C=O) groups is 7. The number of benzene rings is 1. The van der Waals surface area contributed by atoms with E-state index in [1.54, 1.807) is 62.3 Å². The first-order chi connectivity index (χ1) is 31.9. The molecule has 0 fully saturated rings. The number of carboxylic acid groups (broad SMARTS) is 1. The maximum atomic E-state index is 13.7. The van der Waals surface area contributed by atoms with Gasteiger partial charge in [0, 0.05) is 24.4 Å². The van der Waals surface area contributed by atoms with E-state index in [0.29, 0.717) is 41.7 Å². The molecule has 69 heavy (non-hydrogen) atoms. The van der Waals surface area contributed by atoms with E-state index in [1.807, 2.05) is 19.9 Å². The number of rotatable bonds is 21. The zero-order valence-electron chi connectivity index (χ0n) is 41.9. The molecule has 0 saturated heterocycles. The summed E-state index contributed by atoms with van der Waals surface area (Å²) in [7, 11) is -4.25. The Labute approximate surface area is 405 Å². The van der Waals surface area contributed by atoms with Gasteiger partial charge in [0.1, 0.15) is 29.0 Å². The average Bonchev–Trinajstić information content (AvgIpc) is 3.54. The third kappa shape index (κ3) is 18.9. The highest BCUT2D eigenvalue weighted by Crippen LogP contribution is 2.43. The highest BCUT2D eigenvalue weighted by atomic mass is 32.2. The zero-order valence-corrected chi connectivity index (χ0v) is 42.7. The van der Waals surface area contributed by atoms with Gasteiger partial charge >= 0.3 is 11.9 Å². The number of hydrogen-bond donors (Lipinski definition) is 9. The number of aliphatic carboxylic acids is 1. The lowest BCUT2D eigenvalue weighted by molar-refractivity contribution is -0.156. The van der Waals surface area contributed by atoms with Gasteiger partial charge in [0.05, 0.1) is 36.6 Å². The van der Waals surface area contributed by atoms with Gasteiger partial charge < -0.3 is 51.2 Å². The number of nitrogens with one attached hydrogen (secondary N) is 8. The van der Waals surface area contributed by atoms with Crippen LogP contribution >= 0.6 is 0 Å². The molecule has 0 bridgehead atoms. The number of guanidine groups is 1. The second-order valence-corrected chi connectivity index (χ2v) is 21.7. The Kier molecular flexibility index (Phi) is 20.6. The highest BCUT2D eigenvalue weighted by Gasteiger charge is 2.37. The van der Waals surface area contributed by atoms with Crippen LogP contribution in [0.25, 0.3) is 0 Å². The van der Waals surface area contributed by atoms with Crippen LogP contribution in [0.5, 0.6) is 5.75 Å². The highest BCUT2D eigenvalue weighted by molar-refractivity contribution is 7.90. The number of ether oxygens (including phenoxy) is 3. The number of carbonyl (C=O) groups excluding carboxylic acids is 6. The Hall–Kier alpha value is -5.77. The van der Waals surface area contributed by atoms with Crippen molar-refractivity contribution in [3.63, 3.8) is 0 Å². The maximum Gasteiger partial charge on any atom is 0.328 e. The van der Waals surface area contributed by atoms with E-state index >= 15 is 0 Å². The number of esters is 1. The SMILES string of the molecule is Cc1c(C)c(S(=O)(=O)NC(=N)NCCCC(NC(=O)CNC(=O)C2CC/C=C\CCC2)C(=O)NCC(=O)NC(CC(=O)OC(C)(C)C)C(=O)NC(COC(C)(C)C)C(=O)O)c(C)c2c1OC(C)(C)C2. The standard InChI is InChI=1S/C47H74N8O13S/c1-27-28(2)39(29(3)31-23-47(10,11)68-38(27)31)69(64,65)55-44(48)49-21-17-20-32(52-35(56)24-50-40(59)30-18-15-13-12-14-16-19-30)41(60)51-25-36(57)53-33(22-37(58)67-46(7,8)9)42(61)54-34(43(62)63)26-66-45(4,5)6/h12-13,30,32-34H,14-26H2,1-11H3,(H,50,59)(H,51,60)(H,52,56)(H,53,57)(H,54,61)(H,62,63)(H3,48,49,55)/b13-12-. The predicted octanol–water partition coefficient (Wildman–Crippen LogP) is 2.36. The quantitative estimate of drug-likeness (QED) is 0.0281. The molecule has 3 rings (SSSR count). The number of sulfonamides is 1. The van der Waals surface area contributed by atoms with Crippen LogP contribution in [-0.2, 0) is 59.5 Å². The predicted molar refractivity (Wildman–Crippen MR) is 256 cm³/mol. The van der Waals surface area contributed by atoms with E-state index in [2.05, 4.69) is 42.7 Å². The summed E-state index contributed by atoms with van der Waals surface area (Å²) in [6.45, 7) is 17.1. The molecular formula is C47H74N8O13S. The van der Waals surface area contributed by atoms with Crippen LogP contribution in [0.2, 0.25) is 0 Å². The first-order valence-electron chi connectivity index (χ1n) is 23.2. The summed E-state index contributed by atoms with van der Waals surface area (Å²) in [6.07, 6.45) is 7.52. The van der Waals surface area contributed by atoms with Gasteiger partial charge in [-0.15, -0.1) is 0 Å². The van der Waals surface area contributed by atoms with Gasteiger partial charge in [-0.25, -0.2) is 17.9 Å². The Morgan fingerprint density at radius 1 is 0.812 bits per heavy atom. The van der Waals surface area contributed by atoms with Gasteiger partial charge in [-0.2, -0.15) is 0 Å². The molecule has 1 aromatic rings. The van der Waals surface area contributed by atoms with Crippen molar-refractivity contribution >= 4 is 57.5 Å². The summed E-state index contributed by atoms with van der Waals surface area (Å²) in [6, 6.07) is -4.51. The van der Waals surface area contributed by atoms with Gasteiger partial charge in [0.25, 0.3) is 10.0 Å². The van der Waals surface area contributed by atoms with E-state index in [4.69, 9.17) is 19.6 Å². The summed E-state index contributed by atoms with van der Waals surface area (Å²) in [5, 5.41) is 33.1. The normalized spacial score (nSPS) is 17.4. The van der Waals surface area contributed by atoms with Crippen molar-refractivity contribution in [3.8, 4) is 5.75 Å². The van der Waals surface area contributed by atoms with Crippen molar-refractivity contribution in [2.24, 2.45) is 5.92 Å². The molecule has 9 N–H and O–H groups in total. The number of amides is 5. The Bertz CT molecular complexity index is 2230. The van der Waals surface area contributed by atoms with Crippen LogP contribution in [-0.4, -0.2) is 122 Å². The van der Waals surface area contributed by atoms with Crippen LogP contribution in [0.1, 0.15) is 129 Å². The van der Waals surface area contributed by atoms with Gasteiger partial charge in [0.2, 0.25) is 35.5 Å². The second-order valence-electron chi connectivity index (χ2n) is 20.1.